The standard InChI is InChI=1S/C16H31NO/c1-4-13-7-5-6-8-15(13)18-12-16(2,3)11-17-14-9-10-14/h13-15,17H,4-12H2,1-3H3. The van der Waals surface area contributed by atoms with Crippen molar-refractivity contribution in [1.82, 2.24) is 5.32 Å². The molecule has 0 bridgehead atoms. The lowest BCUT2D eigenvalue weighted by Gasteiger charge is -2.34. The van der Waals surface area contributed by atoms with Crippen molar-refractivity contribution in [2.24, 2.45) is 11.3 Å². The van der Waals surface area contributed by atoms with E-state index in [0.29, 0.717) is 6.10 Å². The lowest BCUT2D eigenvalue weighted by molar-refractivity contribution is -0.0453. The quantitative estimate of drug-likeness (QED) is 0.746. The summed E-state index contributed by atoms with van der Waals surface area (Å²) in [7, 11) is 0. The first-order valence-electron chi connectivity index (χ1n) is 7.96. The minimum absolute atomic E-state index is 0.276. The fourth-order valence-electron chi connectivity index (χ4n) is 2.95. The van der Waals surface area contributed by atoms with Gasteiger partial charge in [-0.15, -0.1) is 0 Å². The van der Waals surface area contributed by atoms with E-state index < -0.39 is 0 Å². The number of hydrogen-bond acceptors (Lipinski definition) is 2. The molecule has 0 saturated heterocycles. The fourth-order valence-corrected chi connectivity index (χ4v) is 2.95. The van der Waals surface area contributed by atoms with E-state index in [1.54, 1.807) is 0 Å². The lowest BCUT2D eigenvalue weighted by atomic mass is 9.84. The molecule has 0 aromatic heterocycles. The van der Waals surface area contributed by atoms with Gasteiger partial charge < -0.3 is 10.1 Å². The molecule has 2 atom stereocenters. The SMILES string of the molecule is CCC1CCCCC1OCC(C)(C)CNC1CC1. The molecule has 2 nitrogen and oxygen atoms in total. The summed E-state index contributed by atoms with van der Waals surface area (Å²) < 4.78 is 6.26. The van der Waals surface area contributed by atoms with Crippen LogP contribution in [0.25, 0.3) is 0 Å². The van der Waals surface area contributed by atoms with Crippen LogP contribution in [-0.4, -0.2) is 25.3 Å². The van der Waals surface area contributed by atoms with Crippen LogP contribution in [0.1, 0.15) is 65.7 Å². The van der Waals surface area contributed by atoms with Crippen LogP contribution >= 0.6 is 0 Å². The first-order valence-corrected chi connectivity index (χ1v) is 7.96. The van der Waals surface area contributed by atoms with Gasteiger partial charge in [0.25, 0.3) is 0 Å². The lowest BCUT2D eigenvalue weighted by Crippen LogP contribution is -2.37. The van der Waals surface area contributed by atoms with Crippen LogP contribution < -0.4 is 5.32 Å². The van der Waals surface area contributed by atoms with Crippen molar-refractivity contribution in [3.63, 3.8) is 0 Å². The number of nitrogens with one attached hydrogen (secondary N) is 1. The minimum atomic E-state index is 0.276. The Bertz CT molecular complexity index is 247. The maximum absolute atomic E-state index is 6.26. The van der Waals surface area contributed by atoms with Gasteiger partial charge in [-0.3, -0.25) is 0 Å². The minimum Gasteiger partial charge on any atom is -0.377 e. The van der Waals surface area contributed by atoms with Crippen molar-refractivity contribution in [2.75, 3.05) is 13.2 Å². The molecule has 2 rings (SSSR count). The Kier molecular flexibility index (Phi) is 5.08. The Balaban J connectivity index is 1.70. The molecule has 0 aromatic carbocycles. The highest BCUT2D eigenvalue weighted by atomic mass is 16.5. The highest BCUT2D eigenvalue weighted by molar-refractivity contribution is 4.84. The van der Waals surface area contributed by atoms with E-state index in [4.69, 9.17) is 4.74 Å². The van der Waals surface area contributed by atoms with Crippen LogP contribution in [0.4, 0.5) is 0 Å². The Hall–Kier alpha value is -0.0800. The van der Waals surface area contributed by atoms with Crippen LogP contribution in [0.15, 0.2) is 0 Å². The molecule has 2 saturated carbocycles. The van der Waals surface area contributed by atoms with E-state index in [2.05, 4.69) is 26.1 Å². The Labute approximate surface area is 113 Å². The average Bonchev–Trinajstić information content (AvgIpc) is 3.19. The fraction of sp³-hybridized carbons (Fsp3) is 1.00. The first-order chi connectivity index (χ1) is 8.61. The number of hydrogen-bond donors (Lipinski definition) is 1. The van der Waals surface area contributed by atoms with Crippen molar-refractivity contribution >= 4 is 0 Å². The summed E-state index contributed by atoms with van der Waals surface area (Å²) in [5.74, 6) is 0.811. The van der Waals surface area contributed by atoms with Crippen LogP contribution in [-0.2, 0) is 4.74 Å². The molecule has 106 valence electrons. The molecule has 0 spiro atoms. The van der Waals surface area contributed by atoms with Gasteiger partial charge in [0, 0.05) is 18.0 Å². The second-order valence-corrected chi connectivity index (χ2v) is 7.12. The number of ether oxygens (including phenoxy) is 1. The highest BCUT2D eigenvalue weighted by Gasteiger charge is 2.29. The molecule has 0 aliphatic heterocycles. The molecular weight excluding hydrogens is 222 g/mol. The molecule has 2 fully saturated rings. The third-order valence-corrected chi connectivity index (χ3v) is 4.50. The monoisotopic (exact) mass is 253 g/mol. The Morgan fingerprint density at radius 3 is 2.50 bits per heavy atom. The zero-order valence-electron chi connectivity index (χ0n) is 12.5. The van der Waals surface area contributed by atoms with Crippen molar-refractivity contribution in [3.8, 4) is 0 Å². The van der Waals surface area contributed by atoms with E-state index in [9.17, 15) is 0 Å². The normalized spacial score (nSPS) is 29.5. The second-order valence-electron chi connectivity index (χ2n) is 7.12. The first kappa shape index (κ1) is 14.3. The van der Waals surface area contributed by atoms with E-state index in [1.165, 1.54) is 44.9 Å². The topological polar surface area (TPSA) is 21.3 Å². The maximum atomic E-state index is 6.26. The van der Waals surface area contributed by atoms with Crippen molar-refractivity contribution in [1.29, 1.82) is 0 Å². The summed E-state index contributed by atoms with van der Waals surface area (Å²) in [6, 6.07) is 0.808. The highest BCUT2D eigenvalue weighted by Crippen LogP contribution is 2.30. The largest absolute Gasteiger partial charge is 0.377 e. The van der Waals surface area contributed by atoms with Gasteiger partial charge in [-0.05, 0) is 31.6 Å². The van der Waals surface area contributed by atoms with E-state index >= 15 is 0 Å². The average molecular weight is 253 g/mol. The number of rotatable bonds is 7. The van der Waals surface area contributed by atoms with Gasteiger partial charge in [-0.25, -0.2) is 0 Å². The molecule has 0 heterocycles. The van der Waals surface area contributed by atoms with Gasteiger partial charge in [-0.2, -0.15) is 0 Å². The third-order valence-electron chi connectivity index (χ3n) is 4.50. The summed E-state index contributed by atoms with van der Waals surface area (Å²) in [6.45, 7) is 8.97. The molecular formula is C16H31NO. The zero-order valence-corrected chi connectivity index (χ0v) is 12.5. The molecule has 0 radical (unpaired) electrons. The van der Waals surface area contributed by atoms with Crippen molar-refractivity contribution < 1.29 is 4.74 Å². The van der Waals surface area contributed by atoms with E-state index in [0.717, 1.165) is 25.1 Å². The summed E-state index contributed by atoms with van der Waals surface area (Å²) in [6.07, 6.45) is 9.99. The molecule has 0 amide bonds. The van der Waals surface area contributed by atoms with E-state index in [1.807, 2.05) is 0 Å². The third kappa shape index (κ3) is 4.55. The predicted molar refractivity (Wildman–Crippen MR) is 76.8 cm³/mol. The molecule has 1 N–H and O–H groups in total. The second kappa shape index (κ2) is 6.38. The van der Waals surface area contributed by atoms with Gasteiger partial charge in [0.2, 0.25) is 0 Å². The summed E-state index contributed by atoms with van der Waals surface area (Å²) >= 11 is 0. The molecule has 2 aliphatic rings. The zero-order chi connectivity index (χ0) is 13.0. The van der Waals surface area contributed by atoms with Crippen LogP contribution in [0.5, 0.6) is 0 Å². The van der Waals surface area contributed by atoms with Gasteiger partial charge in [0.15, 0.2) is 0 Å². The summed E-state index contributed by atoms with van der Waals surface area (Å²) in [5.41, 5.74) is 0.276. The van der Waals surface area contributed by atoms with Crippen molar-refractivity contribution in [3.05, 3.63) is 0 Å². The van der Waals surface area contributed by atoms with Crippen LogP contribution in [0.2, 0.25) is 0 Å². The molecule has 0 aromatic rings. The molecule has 2 aliphatic carbocycles. The van der Waals surface area contributed by atoms with Crippen LogP contribution in [0, 0.1) is 11.3 Å². The smallest absolute Gasteiger partial charge is 0.0603 e. The predicted octanol–water partition coefficient (Wildman–Crippen LogP) is 3.75. The van der Waals surface area contributed by atoms with E-state index in [-0.39, 0.29) is 5.41 Å². The summed E-state index contributed by atoms with van der Waals surface area (Å²) in [4.78, 5) is 0. The van der Waals surface area contributed by atoms with Gasteiger partial charge in [0.05, 0.1) is 12.7 Å². The van der Waals surface area contributed by atoms with Gasteiger partial charge in [-0.1, -0.05) is 40.0 Å². The molecule has 18 heavy (non-hydrogen) atoms. The molecule has 2 unspecified atom stereocenters. The summed E-state index contributed by atoms with van der Waals surface area (Å²) in [5, 5.41) is 3.63. The molecule has 2 heteroatoms. The van der Waals surface area contributed by atoms with Crippen LogP contribution in [0.3, 0.4) is 0 Å². The van der Waals surface area contributed by atoms with Gasteiger partial charge >= 0.3 is 0 Å². The van der Waals surface area contributed by atoms with Crippen molar-refractivity contribution in [2.45, 2.75) is 77.9 Å². The van der Waals surface area contributed by atoms with Gasteiger partial charge in [0.1, 0.15) is 0 Å². The Morgan fingerprint density at radius 1 is 1.11 bits per heavy atom. The Morgan fingerprint density at radius 2 is 1.83 bits per heavy atom. The maximum Gasteiger partial charge on any atom is 0.0603 e.